The van der Waals surface area contributed by atoms with E-state index < -0.39 is 5.97 Å². The van der Waals surface area contributed by atoms with Crippen LogP contribution in [-0.4, -0.2) is 22.4 Å². The molecule has 0 rings (SSSR count). The van der Waals surface area contributed by atoms with E-state index in [4.69, 9.17) is 10.4 Å². The lowest BCUT2D eigenvalue weighted by atomic mass is 10.2. The van der Waals surface area contributed by atoms with Gasteiger partial charge in [-0.2, -0.15) is 0 Å². The average molecular weight is 334 g/mol. The fourth-order valence-electron chi connectivity index (χ4n) is 1.83. The van der Waals surface area contributed by atoms with E-state index in [1.165, 1.54) is 0 Å². The summed E-state index contributed by atoms with van der Waals surface area (Å²) in [6, 6.07) is 0. The summed E-state index contributed by atoms with van der Waals surface area (Å²) in [5.74, 6) is -0.772. The lowest BCUT2D eigenvalue weighted by Gasteiger charge is -2.03. The lowest BCUT2D eigenvalue weighted by Crippen LogP contribution is -2.04. The first-order valence-electron chi connectivity index (χ1n) is 8.51. The van der Waals surface area contributed by atoms with Crippen molar-refractivity contribution >= 4 is 5.97 Å². The molecule has 0 aromatic carbocycles. The van der Waals surface area contributed by atoms with E-state index in [1.807, 2.05) is 24.3 Å². The third-order valence-corrected chi connectivity index (χ3v) is 3.12. The highest BCUT2D eigenvalue weighted by Crippen LogP contribution is 2.03. The van der Waals surface area contributed by atoms with Crippen molar-refractivity contribution in [2.75, 3.05) is 0 Å². The molecule has 2 N–H and O–H groups in total. The molecule has 0 fully saturated rings. The van der Waals surface area contributed by atoms with Gasteiger partial charge in [-0.15, -0.1) is 0 Å². The van der Waals surface area contributed by atoms with Crippen molar-refractivity contribution < 1.29 is 20.0 Å². The van der Waals surface area contributed by atoms with Gasteiger partial charge in [-0.25, -0.2) is 4.89 Å². The number of allylic oxidation sites excluding steroid dienone is 8. The number of rotatable bonds is 14. The maximum Gasteiger partial charge on any atom is 0.303 e. The van der Waals surface area contributed by atoms with Crippen LogP contribution in [-0.2, 0) is 9.68 Å². The average Bonchev–Trinajstić information content (AvgIpc) is 2.57. The Hall–Kier alpha value is -1.91. The van der Waals surface area contributed by atoms with Crippen molar-refractivity contribution in [1.82, 2.24) is 0 Å². The fraction of sp³-hybridized carbons (Fsp3) is 0.450. The van der Waals surface area contributed by atoms with Crippen molar-refractivity contribution in [3.05, 3.63) is 60.8 Å². The van der Waals surface area contributed by atoms with Gasteiger partial charge in [-0.05, 0) is 38.5 Å². The summed E-state index contributed by atoms with van der Waals surface area (Å²) in [5, 5.41) is 17.4. The van der Waals surface area contributed by atoms with E-state index in [-0.39, 0.29) is 12.5 Å². The highest BCUT2D eigenvalue weighted by molar-refractivity contribution is 5.66. The van der Waals surface area contributed by atoms with Crippen LogP contribution in [0.15, 0.2) is 60.8 Å². The highest BCUT2D eigenvalue weighted by Gasteiger charge is 1.99. The van der Waals surface area contributed by atoms with E-state index in [2.05, 4.69) is 36.1 Å². The standard InChI is InChI=1S/C20H30O4/c1-2-3-4-5-6-7-8-10-13-16-19(24-23)17-14-11-9-12-15-18-20(21)22/h3-4,6-7,9-11,13-14,17,19,23H,2,5,8,12,15-16,18H2,1H3,(H,21,22)/b4-3-,7-6-,11-9-,13-10-,17-14+/t19-/m0/s1. The van der Waals surface area contributed by atoms with E-state index in [1.54, 1.807) is 12.2 Å². The molecule has 0 spiro atoms. The second-order valence-corrected chi connectivity index (χ2v) is 5.27. The second-order valence-electron chi connectivity index (χ2n) is 5.27. The van der Waals surface area contributed by atoms with Gasteiger partial charge in [0.25, 0.3) is 0 Å². The van der Waals surface area contributed by atoms with Gasteiger partial charge in [0.05, 0.1) is 0 Å². The lowest BCUT2D eigenvalue weighted by molar-refractivity contribution is -0.264. The van der Waals surface area contributed by atoms with Gasteiger partial charge < -0.3 is 5.11 Å². The van der Waals surface area contributed by atoms with Crippen LogP contribution >= 0.6 is 0 Å². The molecule has 0 aliphatic rings. The molecule has 0 bridgehead atoms. The summed E-state index contributed by atoms with van der Waals surface area (Å²) in [4.78, 5) is 14.8. The van der Waals surface area contributed by atoms with Crippen LogP contribution in [0.5, 0.6) is 0 Å². The van der Waals surface area contributed by atoms with Crippen LogP contribution < -0.4 is 0 Å². The van der Waals surface area contributed by atoms with E-state index in [0.717, 1.165) is 25.7 Å². The third-order valence-electron chi connectivity index (χ3n) is 3.12. The summed E-state index contributed by atoms with van der Waals surface area (Å²) in [5.41, 5.74) is 0. The van der Waals surface area contributed by atoms with Crippen molar-refractivity contribution in [2.45, 2.75) is 58.0 Å². The maximum absolute atomic E-state index is 10.3. The summed E-state index contributed by atoms with van der Waals surface area (Å²) in [6.07, 6.45) is 24.5. The topological polar surface area (TPSA) is 66.8 Å². The third kappa shape index (κ3) is 16.5. The van der Waals surface area contributed by atoms with Crippen molar-refractivity contribution in [1.29, 1.82) is 0 Å². The first-order chi connectivity index (χ1) is 11.7. The first-order valence-corrected chi connectivity index (χ1v) is 8.51. The van der Waals surface area contributed by atoms with Gasteiger partial charge in [-0.1, -0.05) is 67.7 Å². The van der Waals surface area contributed by atoms with Crippen LogP contribution in [0.4, 0.5) is 0 Å². The Balaban J connectivity index is 3.86. The zero-order chi connectivity index (χ0) is 17.9. The van der Waals surface area contributed by atoms with E-state index in [0.29, 0.717) is 12.8 Å². The number of carboxylic acids is 1. The number of unbranched alkanes of at least 4 members (excludes halogenated alkanes) is 1. The van der Waals surface area contributed by atoms with Crippen LogP contribution in [0.3, 0.4) is 0 Å². The molecular weight excluding hydrogens is 304 g/mol. The Bertz CT molecular complexity index is 445. The smallest absolute Gasteiger partial charge is 0.303 e. The largest absolute Gasteiger partial charge is 0.481 e. The van der Waals surface area contributed by atoms with Crippen LogP contribution in [0.1, 0.15) is 51.9 Å². The Morgan fingerprint density at radius 3 is 2.29 bits per heavy atom. The minimum Gasteiger partial charge on any atom is -0.481 e. The maximum atomic E-state index is 10.3. The van der Waals surface area contributed by atoms with Crippen molar-refractivity contribution in [3.63, 3.8) is 0 Å². The van der Waals surface area contributed by atoms with E-state index in [9.17, 15) is 4.79 Å². The number of hydrogen-bond donors (Lipinski definition) is 2. The molecule has 0 aromatic rings. The van der Waals surface area contributed by atoms with Gasteiger partial charge in [-0.3, -0.25) is 10.1 Å². The molecule has 0 heterocycles. The molecule has 4 heteroatoms. The number of aliphatic carboxylic acids is 1. The quantitative estimate of drug-likeness (QED) is 0.145. The Kier molecular flexibility index (Phi) is 16.1. The monoisotopic (exact) mass is 334 g/mol. The van der Waals surface area contributed by atoms with Gasteiger partial charge >= 0.3 is 5.97 Å². The van der Waals surface area contributed by atoms with E-state index >= 15 is 0 Å². The molecule has 134 valence electrons. The van der Waals surface area contributed by atoms with Gasteiger partial charge in [0.2, 0.25) is 0 Å². The molecule has 0 aliphatic heterocycles. The van der Waals surface area contributed by atoms with Crippen LogP contribution in [0.2, 0.25) is 0 Å². The zero-order valence-electron chi connectivity index (χ0n) is 14.5. The van der Waals surface area contributed by atoms with Crippen LogP contribution in [0, 0.1) is 0 Å². The van der Waals surface area contributed by atoms with Crippen LogP contribution in [0.25, 0.3) is 0 Å². The zero-order valence-corrected chi connectivity index (χ0v) is 14.5. The molecule has 0 saturated carbocycles. The molecule has 0 saturated heterocycles. The molecule has 0 aromatic heterocycles. The molecule has 1 atom stereocenters. The summed E-state index contributed by atoms with van der Waals surface area (Å²) in [7, 11) is 0. The highest BCUT2D eigenvalue weighted by atomic mass is 17.1. The predicted molar refractivity (Wildman–Crippen MR) is 98.8 cm³/mol. The molecular formula is C20H30O4. The van der Waals surface area contributed by atoms with Gasteiger partial charge in [0.15, 0.2) is 0 Å². The van der Waals surface area contributed by atoms with Crippen molar-refractivity contribution in [2.24, 2.45) is 0 Å². The normalized spacial score (nSPS) is 14.1. The molecule has 24 heavy (non-hydrogen) atoms. The molecule has 0 radical (unpaired) electrons. The number of hydrogen-bond acceptors (Lipinski definition) is 3. The number of carbonyl (C=O) groups is 1. The Labute approximate surface area is 145 Å². The Morgan fingerprint density at radius 2 is 1.67 bits per heavy atom. The Morgan fingerprint density at radius 1 is 1.00 bits per heavy atom. The summed E-state index contributed by atoms with van der Waals surface area (Å²) in [6.45, 7) is 2.12. The summed E-state index contributed by atoms with van der Waals surface area (Å²) >= 11 is 0. The molecule has 0 aliphatic carbocycles. The predicted octanol–water partition coefficient (Wildman–Crippen LogP) is 5.46. The molecule has 0 unspecified atom stereocenters. The second kappa shape index (κ2) is 17.4. The molecule has 4 nitrogen and oxygen atoms in total. The van der Waals surface area contributed by atoms with Gasteiger partial charge in [0.1, 0.15) is 6.10 Å². The minimum atomic E-state index is -0.772. The first kappa shape index (κ1) is 22.1. The van der Waals surface area contributed by atoms with Gasteiger partial charge in [0, 0.05) is 6.42 Å². The summed E-state index contributed by atoms with van der Waals surface area (Å²) < 4.78 is 0. The fourth-order valence-corrected chi connectivity index (χ4v) is 1.83. The molecule has 0 amide bonds. The minimum absolute atomic E-state index is 0.185. The van der Waals surface area contributed by atoms with Crippen molar-refractivity contribution in [3.8, 4) is 0 Å². The number of carboxylic acid groups (broad SMARTS) is 1. The SMILES string of the molecule is CC/C=C\C/C=C\C/C=C\C[C@@H](/C=C/C=C\CCCC(=O)O)OO.